The molecule has 1 amide bonds. The number of aromatic nitrogens is 1. The van der Waals surface area contributed by atoms with Crippen molar-refractivity contribution in [1.82, 2.24) is 10.3 Å². The van der Waals surface area contributed by atoms with Crippen LogP contribution in [0.2, 0.25) is 0 Å². The number of nitrogens with one attached hydrogen (secondary N) is 2. The summed E-state index contributed by atoms with van der Waals surface area (Å²) >= 11 is 1.47. The molecule has 0 saturated carbocycles. The van der Waals surface area contributed by atoms with Gasteiger partial charge in [-0.3, -0.25) is 4.79 Å². The van der Waals surface area contributed by atoms with Crippen molar-refractivity contribution in [3.05, 3.63) is 11.1 Å². The average molecular weight is 255 g/mol. The van der Waals surface area contributed by atoms with E-state index >= 15 is 0 Å². The molecule has 0 spiro atoms. The molecule has 0 fully saturated rings. The molecule has 5 heteroatoms. The molecule has 1 heterocycles. The van der Waals surface area contributed by atoms with Crippen LogP contribution in [0.5, 0.6) is 0 Å². The van der Waals surface area contributed by atoms with Gasteiger partial charge < -0.3 is 10.6 Å². The van der Waals surface area contributed by atoms with Gasteiger partial charge in [0.05, 0.1) is 12.2 Å². The first-order chi connectivity index (χ1) is 7.79. The van der Waals surface area contributed by atoms with Crippen LogP contribution in [0.3, 0.4) is 0 Å². The topological polar surface area (TPSA) is 54.0 Å². The van der Waals surface area contributed by atoms with E-state index in [2.05, 4.69) is 36.4 Å². The van der Waals surface area contributed by atoms with E-state index in [1.54, 1.807) is 0 Å². The minimum absolute atomic E-state index is 0.0235. The van der Waals surface area contributed by atoms with Crippen molar-refractivity contribution in [2.24, 2.45) is 0 Å². The summed E-state index contributed by atoms with van der Waals surface area (Å²) in [5.74, 6) is -0.0477. The van der Waals surface area contributed by atoms with Crippen molar-refractivity contribution in [2.45, 2.75) is 46.1 Å². The number of carbonyl (C=O) groups is 1. The molecule has 0 aliphatic rings. The Morgan fingerprint density at radius 1 is 1.47 bits per heavy atom. The predicted molar refractivity (Wildman–Crippen MR) is 72.6 cm³/mol. The number of nitrogens with zero attached hydrogens (tertiary/aromatic N) is 1. The molecule has 1 rings (SSSR count). The lowest BCUT2D eigenvalue weighted by Gasteiger charge is -2.14. The summed E-state index contributed by atoms with van der Waals surface area (Å²) in [6.07, 6.45) is 0. The molecule has 2 N–H and O–H groups in total. The van der Waals surface area contributed by atoms with Crippen LogP contribution in [-0.2, 0) is 10.2 Å². The van der Waals surface area contributed by atoms with Crippen molar-refractivity contribution in [1.29, 1.82) is 0 Å². The number of anilines is 1. The summed E-state index contributed by atoms with van der Waals surface area (Å²) in [5, 5.41) is 8.53. The maximum atomic E-state index is 11.6. The zero-order valence-corrected chi connectivity index (χ0v) is 11.9. The van der Waals surface area contributed by atoms with Crippen LogP contribution >= 0.6 is 11.3 Å². The Balaban J connectivity index is 2.52. The number of hydrogen-bond donors (Lipinski definition) is 2. The molecule has 4 nitrogen and oxygen atoms in total. The highest BCUT2D eigenvalue weighted by molar-refractivity contribution is 7.13. The second kappa shape index (κ2) is 5.60. The second-order valence-corrected chi connectivity index (χ2v) is 6.23. The van der Waals surface area contributed by atoms with Crippen LogP contribution in [0.25, 0.3) is 0 Å². The molecule has 0 unspecified atom stereocenters. The SMILES string of the molecule is CC(C)NCC(=O)Nc1nc(C(C)(C)C)cs1. The summed E-state index contributed by atoms with van der Waals surface area (Å²) < 4.78 is 0. The largest absolute Gasteiger partial charge is 0.306 e. The van der Waals surface area contributed by atoms with Crippen LogP contribution in [-0.4, -0.2) is 23.5 Å². The van der Waals surface area contributed by atoms with Gasteiger partial charge >= 0.3 is 0 Å². The van der Waals surface area contributed by atoms with Gasteiger partial charge in [0.15, 0.2) is 5.13 Å². The van der Waals surface area contributed by atoms with E-state index < -0.39 is 0 Å². The van der Waals surface area contributed by atoms with Gasteiger partial charge in [0.25, 0.3) is 0 Å². The van der Waals surface area contributed by atoms with Crippen molar-refractivity contribution >= 4 is 22.4 Å². The molecule has 1 aromatic rings. The van der Waals surface area contributed by atoms with Crippen molar-refractivity contribution in [3.8, 4) is 0 Å². The van der Waals surface area contributed by atoms with E-state index in [0.717, 1.165) is 5.69 Å². The quantitative estimate of drug-likeness (QED) is 0.868. The molecule has 0 aromatic carbocycles. The fraction of sp³-hybridized carbons (Fsp3) is 0.667. The minimum atomic E-state index is -0.0477. The van der Waals surface area contributed by atoms with Gasteiger partial charge in [-0.15, -0.1) is 11.3 Å². The van der Waals surface area contributed by atoms with E-state index in [9.17, 15) is 4.79 Å². The van der Waals surface area contributed by atoms with Crippen LogP contribution in [0.4, 0.5) is 5.13 Å². The van der Waals surface area contributed by atoms with E-state index in [1.165, 1.54) is 11.3 Å². The average Bonchev–Trinajstić information content (AvgIpc) is 2.62. The summed E-state index contributed by atoms with van der Waals surface area (Å²) in [7, 11) is 0. The van der Waals surface area contributed by atoms with E-state index in [1.807, 2.05) is 19.2 Å². The van der Waals surface area contributed by atoms with Gasteiger partial charge in [0.1, 0.15) is 0 Å². The van der Waals surface area contributed by atoms with E-state index in [-0.39, 0.29) is 11.3 Å². The predicted octanol–water partition coefficient (Wildman–Crippen LogP) is 2.38. The molecule has 1 aromatic heterocycles. The molecule has 96 valence electrons. The zero-order chi connectivity index (χ0) is 13.1. The monoisotopic (exact) mass is 255 g/mol. The Morgan fingerprint density at radius 3 is 2.59 bits per heavy atom. The highest BCUT2D eigenvalue weighted by atomic mass is 32.1. The smallest absolute Gasteiger partial charge is 0.240 e. The lowest BCUT2D eigenvalue weighted by molar-refractivity contribution is -0.115. The van der Waals surface area contributed by atoms with Crippen LogP contribution < -0.4 is 10.6 Å². The summed E-state index contributed by atoms with van der Waals surface area (Å²) in [4.78, 5) is 16.0. The fourth-order valence-corrected chi connectivity index (χ4v) is 2.09. The van der Waals surface area contributed by atoms with Crippen LogP contribution in [0.1, 0.15) is 40.3 Å². The van der Waals surface area contributed by atoms with Crippen molar-refractivity contribution < 1.29 is 4.79 Å². The van der Waals surface area contributed by atoms with E-state index in [0.29, 0.717) is 17.7 Å². The third-order valence-electron chi connectivity index (χ3n) is 2.19. The molecule has 0 radical (unpaired) electrons. The standard InChI is InChI=1S/C12H21N3OS/c1-8(2)13-6-10(16)15-11-14-9(7-17-11)12(3,4)5/h7-8,13H,6H2,1-5H3,(H,14,15,16). The third-order valence-corrected chi connectivity index (χ3v) is 2.95. The molecule has 0 saturated heterocycles. The summed E-state index contributed by atoms with van der Waals surface area (Å²) in [6, 6.07) is 0.308. The van der Waals surface area contributed by atoms with Crippen LogP contribution in [0.15, 0.2) is 5.38 Å². The van der Waals surface area contributed by atoms with Gasteiger partial charge in [0.2, 0.25) is 5.91 Å². The first kappa shape index (κ1) is 14.1. The van der Waals surface area contributed by atoms with Gasteiger partial charge in [0, 0.05) is 16.8 Å². The number of hydrogen-bond acceptors (Lipinski definition) is 4. The Hall–Kier alpha value is -0.940. The fourth-order valence-electron chi connectivity index (χ4n) is 1.14. The van der Waals surface area contributed by atoms with Gasteiger partial charge in [-0.2, -0.15) is 0 Å². The number of carbonyl (C=O) groups excluding carboxylic acids is 1. The van der Waals surface area contributed by atoms with Crippen molar-refractivity contribution in [3.63, 3.8) is 0 Å². The maximum Gasteiger partial charge on any atom is 0.240 e. The lowest BCUT2D eigenvalue weighted by Crippen LogP contribution is -2.32. The summed E-state index contributed by atoms with van der Waals surface area (Å²) in [5.41, 5.74) is 1.03. The molecular formula is C12H21N3OS. The molecule has 17 heavy (non-hydrogen) atoms. The first-order valence-electron chi connectivity index (χ1n) is 5.78. The second-order valence-electron chi connectivity index (χ2n) is 5.37. The van der Waals surface area contributed by atoms with Gasteiger partial charge in [-0.05, 0) is 0 Å². The first-order valence-corrected chi connectivity index (χ1v) is 6.66. The Labute approximate surface area is 107 Å². The molecular weight excluding hydrogens is 234 g/mol. The maximum absolute atomic E-state index is 11.6. The number of rotatable bonds is 4. The molecule has 0 aliphatic carbocycles. The molecule has 0 aliphatic heterocycles. The third kappa shape index (κ3) is 4.83. The lowest BCUT2D eigenvalue weighted by atomic mass is 9.93. The summed E-state index contributed by atoms with van der Waals surface area (Å²) in [6.45, 7) is 10.7. The van der Waals surface area contributed by atoms with Crippen molar-refractivity contribution in [2.75, 3.05) is 11.9 Å². The highest BCUT2D eigenvalue weighted by Crippen LogP contribution is 2.26. The Bertz CT molecular complexity index is 379. The normalized spacial score (nSPS) is 11.9. The molecule has 0 bridgehead atoms. The van der Waals surface area contributed by atoms with Gasteiger partial charge in [-0.25, -0.2) is 4.98 Å². The van der Waals surface area contributed by atoms with Crippen LogP contribution in [0, 0.1) is 0 Å². The highest BCUT2D eigenvalue weighted by Gasteiger charge is 2.17. The molecule has 0 atom stereocenters. The number of thiazole rings is 1. The minimum Gasteiger partial charge on any atom is -0.306 e. The Kier molecular flexibility index (Phi) is 4.65. The van der Waals surface area contributed by atoms with E-state index in [4.69, 9.17) is 0 Å². The zero-order valence-electron chi connectivity index (χ0n) is 11.1. The number of amides is 1. The van der Waals surface area contributed by atoms with Gasteiger partial charge in [-0.1, -0.05) is 34.6 Å². The Morgan fingerprint density at radius 2 is 2.12 bits per heavy atom.